The Morgan fingerprint density at radius 2 is 1.67 bits per heavy atom. The number of imidazole rings is 1. The second-order valence-electron chi connectivity index (χ2n) is 5.21. The lowest BCUT2D eigenvalue weighted by atomic mass is 10.1. The van der Waals surface area contributed by atoms with Crippen LogP contribution in [0.2, 0.25) is 0 Å². The van der Waals surface area contributed by atoms with Crippen molar-refractivity contribution in [1.82, 2.24) is 9.55 Å². The summed E-state index contributed by atoms with van der Waals surface area (Å²) in [4.78, 5) is 4.45. The molecule has 0 saturated heterocycles. The molecule has 80 valence electrons. The molecule has 1 aromatic carbocycles. The van der Waals surface area contributed by atoms with Crippen LogP contribution >= 0.6 is 0 Å². The Hall–Kier alpha value is -1.31. The van der Waals surface area contributed by atoms with Crippen LogP contribution in [0, 0.1) is 13.8 Å². The zero-order valence-electron chi connectivity index (χ0n) is 10.1. The van der Waals surface area contributed by atoms with E-state index >= 15 is 0 Å². The molecule has 15 heavy (non-hydrogen) atoms. The molecular formula is C13H18N2. The lowest BCUT2D eigenvalue weighted by molar-refractivity contribution is 0.408. The number of benzene rings is 1. The zero-order chi connectivity index (χ0) is 11.2. The smallest absolute Gasteiger partial charge is 0.0963 e. The van der Waals surface area contributed by atoms with Crippen molar-refractivity contribution >= 4 is 11.0 Å². The minimum absolute atomic E-state index is 0.0937. The third kappa shape index (κ3) is 1.65. The number of aryl methyl sites for hydroxylation is 2. The Morgan fingerprint density at radius 3 is 2.27 bits per heavy atom. The van der Waals surface area contributed by atoms with Gasteiger partial charge in [-0.1, -0.05) is 0 Å². The van der Waals surface area contributed by atoms with Gasteiger partial charge in [-0.25, -0.2) is 4.98 Å². The van der Waals surface area contributed by atoms with Crippen molar-refractivity contribution in [3.05, 3.63) is 29.6 Å². The summed E-state index contributed by atoms with van der Waals surface area (Å²) in [7, 11) is 0. The molecule has 0 radical (unpaired) electrons. The van der Waals surface area contributed by atoms with E-state index in [1.165, 1.54) is 16.6 Å². The number of rotatable bonds is 0. The van der Waals surface area contributed by atoms with Crippen molar-refractivity contribution in [3.8, 4) is 0 Å². The summed E-state index contributed by atoms with van der Waals surface area (Å²) in [6.07, 6.45) is 1.93. The summed E-state index contributed by atoms with van der Waals surface area (Å²) < 4.78 is 2.23. The molecule has 0 fully saturated rings. The summed E-state index contributed by atoms with van der Waals surface area (Å²) in [6.45, 7) is 10.9. The monoisotopic (exact) mass is 202 g/mol. The average Bonchev–Trinajstić information content (AvgIpc) is 2.47. The number of hydrogen-bond donors (Lipinski definition) is 0. The molecule has 0 N–H and O–H groups in total. The van der Waals surface area contributed by atoms with Gasteiger partial charge in [0, 0.05) is 5.54 Å². The Morgan fingerprint density at radius 1 is 1.07 bits per heavy atom. The van der Waals surface area contributed by atoms with Gasteiger partial charge < -0.3 is 4.57 Å². The summed E-state index contributed by atoms with van der Waals surface area (Å²) in [6, 6.07) is 4.38. The van der Waals surface area contributed by atoms with Crippen LogP contribution in [-0.2, 0) is 5.54 Å². The van der Waals surface area contributed by atoms with Gasteiger partial charge >= 0.3 is 0 Å². The van der Waals surface area contributed by atoms with E-state index in [2.05, 4.69) is 56.3 Å². The number of aromatic nitrogens is 2. The summed E-state index contributed by atoms with van der Waals surface area (Å²) >= 11 is 0. The van der Waals surface area contributed by atoms with Gasteiger partial charge in [-0.2, -0.15) is 0 Å². The lowest BCUT2D eigenvalue weighted by Crippen LogP contribution is -2.20. The maximum absolute atomic E-state index is 4.45. The van der Waals surface area contributed by atoms with E-state index in [0.717, 1.165) is 5.52 Å². The molecular weight excluding hydrogens is 184 g/mol. The van der Waals surface area contributed by atoms with Gasteiger partial charge in [-0.3, -0.25) is 0 Å². The largest absolute Gasteiger partial charge is 0.325 e. The second kappa shape index (κ2) is 3.09. The van der Waals surface area contributed by atoms with E-state index in [9.17, 15) is 0 Å². The van der Waals surface area contributed by atoms with Crippen LogP contribution in [0.5, 0.6) is 0 Å². The molecule has 2 aromatic rings. The Labute approximate surface area is 90.9 Å². The minimum atomic E-state index is 0.0937. The molecule has 0 aliphatic carbocycles. The highest BCUT2D eigenvalue weighted by Gasteiger charge is 2.16. The molecule has 0 amide bonds. The molecule has 2 rings (SSSR count). The third-order valence-corrected chi connectivity index (χ3v) is 2.89. The third-order valence-electron chi connectivity index (χ3n) is 2.89. The Balaban J connectivity index is 2.75. The van der Waals surface area contributed by atoms with Gasteiger partial charge in [0.15, 0.2) is 0 Å². The normalized spacial score (nSPS) is 12.3. The molecule has 0 unspecified atom stereocenters. The molecule has 0 saturated carbocycles. The van der Waals surface area contributed by atoms with E-state index < -0.39 is 0 Å². The van der Waals surface area contributed by atoms with Gasteiger partial charge in [0.25, 0.3) is 0 Å². The molecule has 0 aliphatic heterocycles. The Kier molecular flexibility index (Phi) is 2.10. The summed E-state index contributed by atoms with van der Waals surface area (Å²) in [5, 5.41) is 0. The van der Waals surface area contributed by atoms with Crippen molar-refractivity contribution in [2.45, 2.75) is 40.2 Å². The van der Waals surface area contributed by atoms with Crippen LogP contribution in [0.25, 0.3) is 11.0 Å². The fourth-order valence-corrected chi connectivity index (χ4v) is 1.80. The molecule has 2 heteroatoms. The molecule has 1 aromatic heterocycles. The maximum Gasteiger partial charge on any atom is 0.0963 e. The average molecular weight is 202 g/mol. The number of nitrogens with zero attached hydrogens (tertiary/aromatic N) is 2. The van der Waals surface area contributed by atoms with Gasteiger partial charge in [-0.05, 0) is 57.9 Å². The quantitative estimate of drug-likeness (QED) is 0.640. The molecule has 2 nitrogen and oxygen atoms in total. The second-order valence-corrected chi connectivity index (χ2v) is 5.21. The highest BCUT2D eigenvalue weighted by molar-refractivity contribution is 5.77. The van der Waals surface area contributed by atoms with Crippen molar-refractivity contribution in [2.75, 3.05) is 0 Å². The highest BCUT2D eigenvalue weighted by Crippen LogP contribution is 2.24. The highest BCUT2D eigenvalue weighted by atomic mass is 15.1. The van der Waals surface area contributed by atoms with Crippen LogP contribution in [0.1, 0.15) is 31.9 Å². The molecule has 1 heterocycles. The summed E-state index contributed by atoms with van der Waals surface area (Å²) in [5.74, 6) is 0. The lowest BCUT2D eigenvalue weighted by Gasteiger charge is -2.21. The van der Waals surface area contributed by atoms with Crippen molar-refractivity contribution in [3.63, 3.8) is 0 Å². The first kappa shape index (κ1) is 10.2. The van der Waals surface area contributed by atoms with Crippen LogP contribution in [-0.4, -0.2) is 9.55 Å². The SMILES string of the molecule is Cc1cc2ncn(C(C)(C)C)c2cc1C. The van der Waals surface area contributed by atoms with E-state index in [4.69, 9.17) is 0 Å². The van der Waals surface area contributed by atoms with Gasteiger partial charge in [0.1, 0.15) is 0 Å². The van der Waals surface area contributed by atoms with Gasteiger partial charge in [0.05, 0.1) is 17.4 Å². The molecule has 0 bridgehead atoms. The predicted octanol–water partition coefficient (Wildman–Crippen LogP) is 3.41. The zero-order valence-corrected chi connectivity index (χ0v) is 10.1. The Bertz CT molecular complexity index is 501. The summed E-state index contributed by atoms with van der Waals surface area (Å²) in [5.41, 5.74) is 5.05. The fraction of sp³-hybridized carbons (Fsp3) is 0.462. The standard InChI is InChI=1S/C13H18N2/c1-9-6-11-12(7-10(9)2)15(8-14-11)13(3,4)5/h6-8H,1-5H3. The van der Waals surface area contributed by atoms with Crippen molar-refractivity contribution in [1.29, 1.82) is 0 Å². The maximum atomic E-state index is 4.45. The first-order valence-corrected chi connectivity index (χ1v) is 5.34. The van der Waals surface area contributed by atoms with Gasteiger partial charge in [0.2, 0.25) is 0 Å². The van der Waals surface area contributed by atoms with Crippen LogP contribution < -0.4 is 0 Å². The van der Waals surface area contributed by atoms with E-state index in [1.807, 2.05) is 6.33 Å². The first-order chi connectivity index (χ1) is 6.89. The van der Waals surface area contributed by atoms with Crippen molar-refractivity contribution < 1.29 is 0 Å². The molecule has 0 aliphatic rings. The minimum Gasteiger partial charge on any atom is -0.325 e. The first-order valence-electron chi connectivity index (χ1n) is 5.34. The molecule has 0 atom stereocenters. The van der Waals surface area contributed by atoms with E-state index in [1.54, 1.807) is 0 Å². The number of hydrogen-bond acceptors (Lipinski definition) is 1. The van der Waals surface area contributed by atoms with Crippen LogP contribution in [0.15, 0.2) is 18.5 Å². The fourth-order valence-electron chi connectivity index (χ4n) is 1.80. The van der Waals surface area contributed by atoms with E-state index in [0.29, 0.717) is 0 Å². The van der Waals surface area contributed by atoms with Crippen LogP contribution in [0.3, 0.4) is 0 Å². The topological polar surface area (TPSA) is 17.8 Å². The molecule has 0 spiro atoms. The predicted molar refractivity (Wildman–Crippen MR) is 64.2 cm³/mol. The van der Waals surface area contributed by atoms with Crippen molar-refractivity contribution in [2.24, 2.45) is 0 Å². The van der Waals surface area contributed by atoms with E-state index in [-0.39, 0.29) is 5.54 Å². The van der Waals surface area contributed by atoms with Crippen LogP contribution in [0.4, 0.5) is 0 Å². The number of fused-ring (bicyclic) bond motifs is 1. The van der Waals surface area contributed by atoms with Gasteiger partial charge in [-0.15, -0.1) is 0 Å².